The Kier molecular flexibility index (Phi) is 11.1. The third-order valence-electron chi connectivity index (χ3n) is 5.02. The number of unbranched alkanes of at least 4 members (excludes halogenated alkanes) is 1. The molecule has 0 aliphatic carbocycles. The summed E-state index contributed by atoms with van der Waals surface area (Å²) in [5.41, 5.74) is 11.1. The molecule has 11 nitrogen and oxygen atoms in total. The van der Waals surface area contributed by atoms with Crippen molar-refractivity contribution >= 4 is 36.3 Å². The Morgan fingerprint density at radius 2 is 1.80 bits per heavy atom. The van der Waals surface area contributed by atoms with Gasteiger partial charge in [-0.3, -0.25) is 14.4 Å². The third-order valence-corrected chi connectivity index (χ3v) is 5.39. The number of hydrogen-bond acceptors (Lipinski definition) is 8. The van der Waals surface area contributed by atoms with E-state index in [-0.39, 0.29) is 18.7 Å². The maximum absolute atomic E-state index is 12.8. The number of aliphatic hydroxyl groups excluding tert-OH is 1. The molecule has 0 aromatic carbocycles. The predicted octanol–water partition coefficient (Wildman–Crippen LogP) is -2.20. The number of rotatable bonds is 12. The van der Waals surface area contributed by atoms with Crippen molar-refractivity contribution in [2.75, 3.05) is 18.8 Å². The molecule has 0 aromatic heterocycles. The first-order valence-corrected chi connectivity index (χ1v) is 10.7. The Hall–Kier alpha value is -1.89. The topological polar surface area (TPSA) is 188 Å². The zero-order valence-corrected chi connectivity index (χ0v) is 18.0. The average molecular weight is 448 g/mol. The van der Waals surface area contributed by atoms with Crippen LogP contribution in [0.1, 0.15) is 39.0 Å². The first-order chi connectivity index (χ1) is 14.1. The Morgan fingerprint density at radius 1 is 1.17 bits per heavy atom. The predicted molar refractivity (Wildman–Crippen MR) is 113 cm³/mol. The highest BCUT2D eigenvalue weighted by Crippen LogP contribution is 2.19. The Balaban J connectivity index is 2.86. The highest BCUT2D eigenvalue weighted by molar-refractivity contribution is 7.80. The fraction of sp³-hybridized carbons (Fsp3) is 0.778. The van der Waals surface area contributed by atoms with Gasteiger partial charge >= 0.3 is 5.97 Å². The van der Waals surface area contributed by atoms with Gasteiger partial charge in [-0.1, -0.05) is 0 Å². The number of carboxylic acids is 1. The zero-order chi connectivity index (χ0) is 22.8. The molecule has 0 aromatic rings. The van der Waals surface area contributed by atoms with Gasteiger partial charge in [0, 0.05) is 12.3 Å². The van der Waals surface area contributed by atoms with Crippen molar-refractivity contribution < 1.29 is 29.4 Å². The molecular weight excluding hydrogens is 414 g/mol. The summed E-state index contributed by atoms with van der Waals surface area (Å²) in [5.74, 6) is -2.97. The molecule has 0 radical (unpaired) electrons. The number of carboxylic acid groups (broad SMARTS) is 1. The minimum absolute atomic E-state index is 0.0376. The molecule has 0 bridgehead atoms. The largest absolute Gasteiger partial charge is 0.480 e. The van der Waals surface area contributed by atoms with Gasteiger partial charge in [0.1, 0.15) is 24.2 Å². The van der Waals surface area contributed by atoms with Crippen LogP contribution in [0.25, 0.3) is 0 Å². The number of nitrogens with zero attached hydrogens (tertiary/aromatic N) is 1. The fourth-order valence-corrected chi connectivity index (χ4v) is 3.44. The third kappa shape index (κ3) is 7.42. The van der Waals surface area contributed by atoms with Gasteiger partial charge in [0.15, 0.2) is 0 Å². The van der Waals surface area contributed by atoms with E-state index in [1.807, 2.05) is 0 Å². The average Bonchev–Trinajstić information content (AvgIpc) is 3.20. The lowest BCUT2D eigenvalue weighted by molar-refractivity contribution is -0.149. The molecule has 5 unspecified atom stereocenters. The second-order valence-electron chi connectivity index (χ2n) is 7.38. The number of thiol groups is 1. The minimum atomic E-state index is -1.21. The smallest absolute Gasteiger partial charge is 0.326 e. The Labute approximate surface area is 181 Å². The molecule has 1 saturated heterocycles. The van der Waals surface area contributed by atoms with Crippen LogP contribution in [-0.2, 0) is 19.2 Å². The number of nitrogens with two attached hydrogens (primary N) is 2. The lowest BCUT2D eigenvalue weighted by Crippen LogP contribution is -2.58. The van der Waals surface area contributed by atoms with Crippen LogP contribution in [0, 0.1) is 0 Å². The first-order valence-electron chi connectivity index (χ1n) is 10.0. The van der Waals surface area contributed by atoms with E-state index in [9.17, 15) is 29.4 Å². The van der Waals surface area contributed by atoms with Crippen LogP contribution in [0.15, 0.2) is 0 Å². The van der Waals surface area contributed by atoms with Crippen molar-refractivity contribution in [2.24, 2.45) is 11.5 Å². The fourth-order valence-electron chi connectivity index (χ4n) is 3.19. The number of nitrogens with one attached hydrogen (secondary N) is 2. The van der Waals surface area contributed by atoms with Gasteiger partial charge in [-0.2, -0.15) is 12.6 Å². The number of hydrogen-bond donors (Lipinski definition) is 7. The van der Waals surface area contributed by atoms with Gasteiger partial charge in [-0.15, -0.1) is 0 Å². The molecule has 12 heteroatoms. The van der Waals surface area contributed by atoms with Crippen LogP contribution in [0.4, 0.5) is 0 Å². The molecule has 3 amide bonds. The summed E-state index contributed by atoms with van der Waals surface area (Å²) in [7, 11) is 0. The summed E-state index contributed by atoms with van der Waals surface area (Å²) < 4.78 is 0. The molecular formula is C18H33N5O6S. The number of aliphatic carboxylic acids is 1. The van der Waals surface area contributed by atoms with Crippen LogP contribution >= 0.6 is 12.6 Å². The molecule has 172 valence electrons. The van der Waals surface area contributed by atoms with E-state index in [4.69, 9.17) is 11.5 Å². The summed E-state index contributed by atoms with van der Waals surface area (Å²) in [6.45, 7) is 2.06. The molecule has 30 heavy (non-hydrogen) atoms. The SMILES string of the molecule is CC(O)C(N)C(=O)NC(CCCCN)C(=O)NC(CS)C(=O)N1CCCC1C(=O)O. The Bertz CT molecular complexity index is 620. The molecule has 1 fully saturated rings. The molecule has 1 heterocycles. The van der Waals surface area contributed by atoms with Crippen molar-refractivity contribution in [3.63, 3.8) is 0 Å². The maximum atomic E-state index is 12.8. The molecule has 1 aliphatic rings. The highest BCUT2D eigenvalue weighted by atomic mass is 32.1. The summed E-state index contributed by atoms with van der Waals surface area (Å²) >= 11 is 4.12. The van der Waals surface area contributed by atoms with Crippen LogP contribution in [-0.4, -0.2) is 87.9 Å². The van der Waals surface area contributed by atoms with Gasteiger partial charge in [0.2, 0.25) is 17.7 Å². The van der Waals surface area contributed by atoms with Crippen LogP contribution in [0.2, 0.25) is 0 Å². The van der Waals surface area contributed by atoms with E-state index in [1.54, 1.807) is 0 Å². The van der Waals surface area contributed by atoms with Crippen molar-refractivity contribution in [3.05, 3.63) is 0 Å². The molecule has 1 aliphatic heterocycles. The zero-order valence-electron chi connectivity index (χ0n) is 17.1. The molecule has 0 saturated carbocycles. The normalized spacial score (nSPS) is 20.2. The second kappa shape index (κ2) is 12.7. The van der Waals surface area contributed by atoms with E-state index in [0.717, 1.165) is 0 Å². The van der Waals surface area contributed by atoms with Crippen LogP contribution in [0.5, 0.6) is 0 Å². The molecule has 5 atom stereocenters. The highest BCUT2D eigenvalue weighted by Gasteiger charge is 2.38. The summed E-state index contributed by atoms with van der Waals surface area (Å²) in [5, 5.41) is 23.8. The van der Waals surface area contributed by atoms with E-state index in [2.05, 4.69) is 23.3 Å². The van der Waals surface area contributed by atoms with Crippen LogP contribution < -0.4 is 22.1 Å². The summed E-state index contributed by atoms with van der Waals surface area (Å²) in [4.78, 5) is 50.3. The number of likely N-dealkylation sites (tertiary alicyclic amines) is 1. The van der Waals surface area contributed by atoms with Gasteiger partial charge in [-0.25, -0.2) is 4.79 Å². The molecule has 0 spiro atoms. The molecule has 1 rings (SSSR count). The van der Waals surface area contributed by atoms with Crippen LogP contribution in [0.3, 0.4) is 0 Å². The lowest BCUT2D eigenvalue weighted by atomic mass is 10.1. The number of carbonyl (C=O) groups is 4. The van der Waals surface area contributed by atoms with Gasteiger partial charge in [-0.05, 0) is 45.6 Å². The standard InChI is InChI=1S/C18H33N5O6S/c1-10(24)14(20)16(26)21-11(5-2-3-7-19)15(25)22-12(9-30)17(27)23-8-4-6-13(23)18(28)29/h10-14,24,30H,2-9,19-20H2,1H3,(H,21,26)(H,22,25)(H,28,29). The van der Waals surface area contributed by atoms with E-state index >= 15 is 0 Å². The minimum Gasteiger partial charge on any atom is -0.480 e. The number of aliphatic hydroxyl groups is 1. The summed E-state index contributed by atoms with van der Waals surface area (Å²) in [6, 6.07) is -4.17. The quantitative estimate of drug-likeness (QED) is 0.130. The van der Waals surface area contributed by atoms with Crippen molar-refractivity contribution in [1.82, 2.24) is 15.5 Å². The van der Waals surface area contributed by atoms with E-state index < -0.39 is 54.0 Å². The van der Waals surface area contributed by atoms with Gasteiger partial charge < -0.3 is 37.2 Å². The van der Waals surface area contributed by atoms with Gasteiger partial charge in [0.05, 0.1) is 6.10 Å². The van der Waals surface area contributed by atoms with Crippen molar-refractivity contribution in [1.29, 1.82) is 0 Å². The lowest BCUT2D eigenvalue weighted by Gasteiger charge is -2.28. The number of carbonyl (C=O) groups excluding carboxylic acids is 3. The number of amides is 3. The van der Waals surface area contributed by atoms with E-state index in [1.165, 1.54) is 11.8 Å². The first kappa shape index (κ1) is 26.1. The van der Waals surface area contributed by atoms with E-state index in [0.29, 0.717) is 32.2 Å². The van der Waals surface area contributed by atoms with Crippen molar-refractivity contribution in [3.8, 4) is 0 Å². The van der Waals surface area contributed by atoms with Gasteiger partial charge in [0.25, 0.3) is 0 Å². The molecule has 8 N–H and O–H groups in total. The second-order valence-corrected chi connectivity index (χ2v) is 7.75. The Morgan fingerprint density at radius 3 is 2.33 bits per heavy atom. The van der Waals surface area contributed by atoms with Crippen molar-refractivity contribution in [2.45, 2.75) is 69.3 Å². The maximum Gasteiger partial charge on any atom is 0.326 e. The monoisotopic (exact) mass is 447 g/mol. The summed E-state index contributed by atoms with van der Waals surface area (Å²) in [6.07, 6.45) is 1.24.